The fourth-order valence-corrected chi connectivity index (χ4v) is 3.25. The Balaban J connectivity index is 2.34. The summed E-state index contributed by atoms with van der Waals surface area (Å²) in [6, 6.07) is 7.13. The Morgan fingerprint density at radius 2 is 2.16 bits per heavy atom. The van der Waals surface area contributed by atoms with Crippen LogP contribution in [0.3, 0.4) is 0 Å². The van der Waals surface area contributed by atoms with E-state index in [1.165, 1.54) is 6.26 Å². The molecule has 0 aliphatic heterocycles. The minimum absolute atomic E-state index is 0.0633. The summed E-state index contributed by atoms with van der Waals surface area (Å²) in [5.74, 6) is 0.0633. The molecule has 0 amide bonds. The van der Waals surface area contributed by atoms with Crippen molar-refractivity contribution < 1.29 is 8.42 Å². The highest BCUT2D eigenvalue weighted by molar-refractivity contribution is 7.90. The van der Waals surface area contributed by atoms with Crippen molar-refractivity contribution >= 4 is 38.0 Å². The Bertz CT molecular complexity index is 701. The molecule has 1 heterocycles. The molecule has 1 N–H and O–H groups in total. The van der Waals surface area contributed by atoms with Gasteiger partial charge in [0.05, 0.1) is 17.0 Å². The second-order valence-electron chi connectivity index (χ2n) is 4.67. The van der Waals surface area contributed by atoms with Crippen molar-refractivity contribution in [1.82, 2.24) is 4.98 Å². The number of halogens is 1. The van der Waals surface area contributed by atoms with Crippen molar-refractivity contribution in [3.05, 3.63) is 35.5 Å². The smallest absolute Gasteiger partial charge is 0.149 e. The van der Waals surface area contributed by atoms with Crippen LogP contribution >= 0.6 is 11.6 Å². The largest absolute Gasteiger partial charge is 0.380 e. The van der Waals surface area contributed by atoms with E-state index in [-0.39, 0.29) is 11.8 Å². The van der Waals surface area contributed by atoms with Gasteiger partial charge in [0.15, 0.2) is 0 Å². The first-order valence-electron chi connectivity index (χ1n) is 5.84. The third-order valence-corrected chi connectivity index (χ3v) is 3.95. The van der Waals surface area contributed by atoms with Crippen LogP contribution in [-0.2, 0) is 9.84 Å². The molecule has 6 heteroatoms. The zero-order chi connectivity index (χ0) is 14.0. The topological polar surface area (TPSA) is 59.1 Å². The van der Waals surface area contributed by atoms with Crippen LogP contribution in [-0.4, -0.2) is 31.5 Å². The van der Waals surface area contributed by atoms with Gasteiger partial charge in [0.2, 0.25) is 0 Å². The van der Waals surface area contributed by atoms with Crippen molar-refractivity contribution in [3.63, 3.8) is 0 Å². The first kappa shape index (κ1) is 14.1. The van der Waals surface area contributed by atoms with E-state index >= 15 is 0 Å². The predicted molar refractivity (Wildman–Crippen MR) is 79.5 cm³/mol. The molecule has 102 valence electrons. The maximum atomic E-state index is 11.3. The number of benzene rings is 1. The van der Waals surface area contributed by atoms with Crippen molar-refractivity contribution in [3.8, 4) is 0 Å². The number of hydrogen-bond donors (Lipinski definition) is 1. The minimum Gasteiger partial charge on any atom is -0.380 e. The molecular formula is C13H15ClN2O2S. The highest BCUT2D eigenvalue weighted by Crippen LogP contribution is 2.26. The van der Waals surface area contributed by atoms with Gasteiger partial charge in [-0.05, 0) is 25.1 Å². The second kappa shape index (κ2) is 5.35. The number of hydrogen-bond acceptors (Lipinski definition) is 4. The van der Waals surface area contributed by atoms with Crippen LogP contribution in [0, 0.1) is 0 Å². The molecule has 0 fully saturated rings. The summed E-state index contributed by atoms with van der Waals surface area (Å²) in [7, 11) is -3.02. The summed E-state index contributed by atoms with van der Waals surface area (Å²) in [6.45, 7) is 1.82. The highest BCUT2D eigenvalue weighted by Gasteiger charge is 2.12. The lowest BCUT2D eigenvalue weighted by atomic mass is 10.2. The van der Waals surface area contributed by atoms with Gasteiger partial charge < -0.3 is 5.32 Å². The van der Waals surface area contributed by atoms with Crippen molar-refractivity contribution in [2.24, 2.45) is 0 Å². The van der Waals surface area contributed by atoms with Gasteiger partial charge in [-0.1, -0.05) is 17.7 Å². The van der Waals surface area contributed by atoms with Crippen LogP contribution < -0.4 is 5.32 Å². The van der Waals surface area contributed by atoms with Gasteiger partial charge in [0, 0.05) is 28.9 Å². The number of nitrogens with one attached hydrogen (secondary N) is 1. The number of fused-ring (bicyclic) bond motifs is 1. The lowest BCUT2D eigenvalue weighted by Crippen LogP contribution is -2.25. The second-order valence-corrected chi connectivity index (χ2v) is 7.29. The van der Waals surface area contributed by atoms with Gasteiger partial charge in [-0.2, -0.15) is 0 Å². The maximum Gasteiger partial charge on any atom is 0.149 e. The molecule has 0 bridgehead atoms. The Kier molecular flexibility index (Phi) is 3.96. The minimum atomic E-state index is -3.02. The number of sulfone groups is 1. The zero-order valence-corrected chi connectivity index (χ0v) is 12.3. The average Bonchev–Trinajstić information content (AvgIpc) is 2.25. The molecule has 2 rings (SSSR count). The van der Waals surface area contributed by atoms with Crippen molar-refractivity contribution in [2.75, 3.05) is 17.3 Å². The van der Waals surface area contributed by atoms with E-state index < -0.39 is 9.84 Å². The van der Waals surface area contributed by atoms with Crippen LogP contribution in [0.15, 0.2) is 30.5 Å². The fourth-order valence-electron chi connectivity index (χ4n) is 2.03. The van der Waals surface area contributed by atoms with E-state index in [4.69, 9.17) is 11.6 Å². The first-order chi connectivity index (χ1) is 8.85. The number of aromatic nitrogens is 1. The molecule has 19 heavy (non-hydrogen) atoms. The molecule has 0 spiro atoms. The lowest BCUT2D eigenvalue weighted by molar-refractivity contribution is 0.598. The molecule has 0 radical (unpaired) electrons. The molecule has 1 aromatic heterocycles. The Labute approximate surface area is 117 Å². The Morgan fingerprint density at radius 3 is 2.84 bits per heavy atom. The molecular weight excluding hydrogens is 284 g/mol. The monoisotopic (exact) mass is 298 g/mol. The Morgan fingerprint density at radius 1 is 1.42 bits per heavy atom. The van der Waals surface area contributed by atoms with Crippen LogP contribution in [0.1, 0.15) is 6.92 Å². The summed E-state index contributed by atoms with van der Waals surface area (Å²) in [4.78, 5) is 4.30. The normalized spacial score (nSPS) is 13.4. The van der Waals surface area contributed by atoms with E-state index in [1.807, 2.05) is 25.1 Å². The molecule has 0 aliphatic rings. The number of anilines is 1. The van der Waals surface area contributed by atoms with Gasteiger partial charge in [-0.25, -0.2) is 8.42 Å². The molecule has 4 nitrogen and oxygen atoms in total. The maximum absolute atomic E-state index is 11.3. The molecule has 0 saturated heterocycles. The third-order valence-electron chi connectivity index (χ3n) is 2.62. The van der Waals surface area contributed by atoms with Crippen molar-refractivity contribution in [2.45, 2.75) is 13.0 Å². The third kappa shape index (κ3) is 3.81. The van der Waals surface area contributed by atoms with Gasteiger partial charge >= 0.3 is 0 Å². The highest BCUT2D eigenvalue weighted by atomic mass is 35.5. The Hall–Kier alpha value is -1.33. The van der Waals surface area contributed by atoms with Crippen LogP contribution in [0.4, 0.5) is 5.69 Å². The number of pyridine rings is 1. The van der Waals surface area contributed by atoms with Crippen LogP contribution in [0.25, 0.3) is 10.9 Å². The van der Waals surface area contributed by atoms with Gasteiger partial charge in [-0.3, -0.25) is 4.98 Å². The molecule has 0 aliphatic carbocycles. The molecule has 1 aromatic carbocycles. The van der Waals surface area contributed by atoms with E-state index in [1.54, 1.807) is 12.3 Å². The lowest BCUT2D eigenvalue weighted by Gasteiger charge is -2.16. The number of nitrogens with zero attached hydrogens (tertiary/aromatic N) is 1. The zero-order valence-electron chi connectivity index (χ0n) is 10.7. The van der Waals surface area contributed by atoms with Gasteiger partial charge in [0.1, 0.15) is 9.84 Å². The summed E-state index contributed by atoms with van der Waals surface area (Å²) in [6.07, 6.45) is 2.92. The van der Waals surface area contributed by atoms with E-state index in [2.05, 4.69) is 10.3 Å². The van der Waals surface area contributed by atoms with Gasteiger partial charge in [-0.15, -0.1) is 0 Å². The first-order valence-corrected chi connectivity index (χ1v) is 8.27. The molecule has 1 atom stereocenters. The van der Waals surface area contributed by atoms with Gasteiger partial charge in [0.25, 0.3) is 0 Å². The van der Waals surface area contributed by atoms with E-state index in [9.17, 15) is 8.42 Å². The van der Waals surface area contributed by atoms with Crippen molar-refractivity contribution in [1.29, 1.82) is 0 Å². The van der Waals surface area contributed by atoms with Crippen LogP contribution in [0.5, 0.6) is 0 Å². The summed E-state index contributed by atoms with van der Waals surface area (Å²) >= 11 is 6.05. The van der Waals surface area contributed by atoms with Crippen LogP contribution in [0.2, 0.25) is 5.02 Å². The van der Waals surface area contributed by atoms with E-state index in [0.29, 0.717) is 5.02 Å². The predicted octanol–water partition coefficient (Wildman–Crippen LogP) is 2.73. The molecule has 0 saturated carbocycles. The standard InChI is InChI=1S/C13H15ClN2O2S/c1-9(8-19(2,17)18)16-12-7-11(14)6-10-4-3-5-15-13(10)12/h3-7,9,16H,8H2,1-2H3. The fraction of sp³-hybridized carbons (Fsp3) is 0.308. The quantitative estimate of drug-likeness (QED) is 0.943. The molecule has 2 aromatic rings. The average molecular weight is 299 g/mol. The van der Waals surface area contributed by atoms with E-state index in [0.717, 1.165) is 16.6 Å². The SMILES string of the molecule is CC(CS(C)(=O)=O)Nc1cc(Cl)cc2cccnc12. The summed E-state index contributed by atoms with van der Waals surface area (Å²) in [5, 5.41) is 4.67. The summed E-state index contributed by atoms with van der Waals surface area (Å²) in [5.41, 5.74) is 1.53. The summed E-state index contributed by atoms with van der Waals surface area (Å²) < 4.78 is 22.6. The number of rotatable bonds is 4. The molecule has 1 unspecified atom stereocenters.